The molecule has 1 fully saturated rings. The minimum atomic E-state index is 0.00405. The quantitative estimate of drug-likeness (QED) is 0.822. The summed E-state index contributed by atoms with van der Waals surface area (Å²) in [6.45, 7) is 0.618. The van der Waals surface area contributed by atoms with E-state index in [4.69, 9.17) is 10.5 Å². The van der Waals surface area contributed by atoms with Crippen LogP contribution in [0.25, 0.3) is 0 Å². The Balaban J connectivity index is 2.49. The highest BCUT2D eigenvalue weighted by molar-refractivity contribution is 5.50. The number of benzene rings is 1. The van der Waals surface area contributed by atoms with Crippen molar-refractivity contribution in [2.45, 2.75) is 31.1 Å². The molecule has 1 aromatic carbocycles. The van der Waals surface area contributed by atoms with Crippen LogP contribution in [0.3, 0.4) is 0 Å². The summed E-state index contributed by atoms with van der Waals surface area (Å²) in [5.74, 6) is 0.801. The second-order valence-electron chi connectivity index (χ2n) is 4.55. The molecule has 0 radical (unpaired) electrons. The molecule has 0 aromatic heterocycles. The van der Waals surface area contributed by atoms with E-state index in [1.165, 1.54) is 12.8 Å². The summed E-state index contributed by atoms with van der Waals surface area (Å²) >= 11 is 0. The monoisotopic (exact) mass is 221 g/mol. The van der Waals surface area contributed by atoms with Crippen molar-refractivity contribution in [3.05, 3.63) is 23.8 Å². The largest absolute Gasteiger partial charge is 0.504 e. The molecule has 1 saturated carbocycles. The number of hydrogen-bond donors (Lipinski definition) is 2. The highest BCUT2D eigenvalue weighted by Crippen LogP contribution is 2.46. The fraction of sp³-hybridized carbons (Fsp3) is 0.538. The van der Waals surface area contributed by atoms with Gasteiger partial charge in [0.15, 0.2) is 11.5 Å². The third-order valence-electron chi connectivity index (χ3n) is 3.72. The number of phenols is 1. The first kappa shape index (κ1) is 11.3. The molecule has 0 atom stereocenters. The summed E-state index contributed by atoms with van der Waals surface area (Å²) in [6, 6.07) is 5.54. The molecule has 88 valence electrons. The van der Waals surface area contributed by atoms with E-state index in [-0.39, 0.29) is 11.2 Å². The maximum Gasteiger partial charge on any atom is 0.164 e. The number of rotatable bonds is 3. The van der Waals surface area contributed by atoms with E-state index in [1.807, 2.05) is 12.1 Å². The molecule has 0 unspecified atom stereocenters. The van der Waals surface area contributed by atoms with Gasteiger partial charge in [-0.25, -0.2) is 0 Å². The van der Waals surface area contributed by atoms with E-state index in [0.717, 1.165) is 18.4 Å². The smallest absolute Gasteiger partial charge is 0.164 e. The second-order valence-corrected chi connectivity index (χ2v) is 4.55. The Morgan fingerprint density at radius 2 is 2.06 bits per heavy atom. The summed E-state index contributed by atoms with van der Waals surface area (Å²) < 4.78 is 5.31. The lowest BCUT2D eigenvalue weighted by Gasteiger charge is -2.29. The van der Waals surface area contributed by atoms with Gasteiger partial charge in [-0.3, -0.25) is 0 Å². The number of methoxy groups -OCH3 is 1. The minimum absolute atomic E-state index is 0.00405. The van der Waals surface area contributed by atoms with Crippen LogP contribution in [0.2, 0.25) is 0 Å². The number of nitrogens with two attached hydrogens (primary N) is 1. The van der Waals surface area contributed by atoms with Crippen LogP contribution in [0.1, 0.15) is 31.2 Å². The first-order valence-electron chi connectivity index (χ1n) is 5.80. The van der Waals surface area contributed by atoms with Crippen LogP contribution in [0.15, 0.2) is 18.2 Å². The van der Waals surface area contributed by atoms with Crippen molar-refractivity contribution in [2.75, 3.05) is 13.7 Å². The standard InChI is InChI=1S/C13H19NO2/c1-16-12-10(5-4-6-11(12)15)13(9-14)7-2-3-8-13/h4-6,15H,2-3,7-9,14H2,1H3. The van der Waals surface area contributed by atoms with Crippen molar-refractivity contribution in [3.8, 4) is 11.5 Å². The normalized spacial score (nSPS) is 18.6. The molecule has 1 aromatic rings. The number of ether oxygens (including phenoxy) is 1. The first-order valence-corrected chi connectivity index (χ1v) is 5.80. The molecule has 0 spiro atoms. The molecule has 3 N–H and O–H groups in total. The summed E-state index contributed by atoms with van der Waals surface area (Å²) in [7, 11) is 1.59. The average Bonchev–Trinajstić information content (AvgIpc) is 2.78. The molecule has 1 aliphatic rings. The lowest BCUT2D eigenvalue weighted by Crippen LogP contribution is -2.32. The number of aromatic hydroxyl groups is 1. The minimum Gasteiger partial charge on any atom is -0.504 e. The van der Waals surface area contributed by atoms with E-state index >= 15 is 0 Å². The van der Waals surface area contributed by atoms with Crippen LogP contribution in [0.4, 0.5) is 0 Å². The number of phenolic OH excluding ortho intramolecular Hbond substituents is 1. The van der Waals surface area contributed by atoms with Gasteiger partial charge in [0.2, 0.25) is 0 Å². The Kier molecular flexibility index (Phi) is 3.06. The van der Waals surface area contributed by atoms with Crippen LogP contribution in [-0.4, -0.2) is 18.8 Å². The van der Waals surface area contributed by atoms with Gasteiger partial charge in [-0.1, -0.05) is 25.0 Å². The van der Waals surface area contributed by atoms with Gasteiger partial charge in [-0.2, -0.15) is 0 Å². The Morgan fingerprint density at radius 1 is 1.38 bits per heavy atom. The topological polar surface area (TPSA) is 55.5 Å². The van der Waals surface area contributed by atoms with E-state index in [9.17, 15) is 5.11 Å². The van der Waals surface area contributed by atoms with Gasteiger partial charge in [0.1, 0.15) is 0 Å². The maximum atomic E-state index is 9.80. The Labute approximate surface area is 96.2 Å². The number of hydrogen-bond acceptors (Lipinski definition) is 3. The van der Waals surface area contributed by atoms with Crippen molar-refractivity contribution >= 4 is 0 Å². The first-order chi connectivity index (χ1) is 7.73. The maximum absolute atomic E-state index is 9.80. The van der Waals surface area contributed by atoms with Crippen LogP contribution >= 0.6 is 0 Å². The Hall–Kier alpha value is -1.22. The third kappa shape index (κ3) is 1.65. The highest BCUT2D eigenvalue weighted by atomic mass is 16.5. The molecule has 0 amide bonds. The molecule has 2 rings (SSSR count). The predicted molar refractivity (Wildman–Crippen MR) is 63.9 cm³/mol. The SMILES string of the molecule is COc1c(O)cccc1C1(CN)CCCC1. The predicted octanol–water partition coefficient (Wildman–Crippen LogP) is 2.17. The molecule has 0 aliphatic heterocycles. The van der Waals surface area contributed by atoms with Crippen LogP contribution < -0.4 is 10.5 Å². The van der Waals surface area contributed by atoms with Crippen molar-refractivity contribution in [2.24, 2.45) is 5.73 Å². The number of para-hydroxylation sites is 1. The van der Waals surface area contributed by atoms with Gasteiger partial charge in [0.25, 0.3) is 0 Å². The Morgan fingerprint density at radius 3 is 2.62 bits per heavy atom. The fourth-order valence-electron chi connectivity index (χ4n) is 2.79. The van der Waals surface area contributed by atoms with Crippen LogP contribution in [0, 0.1) is 0 Å². The van der Waals surface area contributed by atoms with Crippen LogP contribution in [-0.2, 0) is 5.41 Å². The van der Waals surface area contributed by atoms with Crippen molar-refractivity contribution < 1.29 is 9.84 Å². The fourth-order valence-corrected chi connectivity index (χ4v) is 2.79. The van der Waals surface area contributed by atoms with Crippen molar-refractivity contribution in [3.63, 3.8) is 0 Å². The van der Waals surface area contributed by atoms with Crippen molar-refractivity contribution in [1.82, 2.24) is 0 Å². The lowest BCUT2D eigenvalue weighted by atomic mass is 9.78. The summed E-state index contributed by atoms with van der Waals surface area (Å²) in [5, 5.41) is 9.80. The van der Waals surface area contributed by atoms with E-state index in [0.29, 0.717) is 12.3 Å². The zero-order valence-electron chi connectivity index (χ0n) is 9.70. The van der Waals surface area contributed by atoms with Gasteiger partial charge in [-0.05, 0) is 18.9 Å². The molecule has 0 bridgehead atoms. The average molecular weight is 221 g/mol. The molecule has 1 aliphatic carbocycles. The van der Waals surface area contributed by atoms with Gasteiger partial charge >= 0.3 is 0 Å². The van der Waals surface area contributed by atoms with E-state index < -0.39 is 0 Å². The highest BCUT2D eigenvalue weighted by Gasteiger charge is 2.37. The molecule has 16 heavy (non-hydrogen) atoms. The Bertz CT molecular complexity index is 370. The molecule has 3 heteroatoms. The second kappa shape index (κ2) is 4.34. The summed E-state index contributed by atoms with van der Waals surface area (Å²) in [6.07, 6.45) is 4.58. The molecule has 3 nitrogen and oxygen atoms in total. The van der Waals surface area contributed by atoms with E-state index in [1.54, 1.807) is 13.2 Å². The molecular weight excluding hydrogens is 202 g/mol. The molecule has 0 saturated heterocycles. The van der Waals surface area contributed by atoms with Gasteiger partial charge < -0.3 is 15.6 Å². The van der Waals surface area contributed by atoms with Crippen LogP contribution in [0.5, 0.6) is 11.5 Å². The summed E-state index contributed by atoms with van der Waals surface area (Å²) in [4.78, 5) is 0. The molecular formula is C13H19NO2. The third-order valence-corrected chi connectivity index (χ3v) is 3.72. The zero-order chi connectivity index (χ0) is 11.6. The summed E-state index contributed by atoms with van der Waals surface area (Å²) in [5.41, 5.74) is 7.01. The zero-order valence-corrected chi connectivity index (χ0v) is 9.70. The van der Waals surface area contributed by atoms with Gasteiger partial charge in [0.05, 0.1) is 7.11 Å². The van der Waals surface area contributed by atoms with E-state index in [2.05, 4.69) is 0 Å². The van der Waals surface area contributed by atoms with Gasteiger partial charge in [-0.15, -0.1) is 0 Å². The van der Waals surface area contributed by atoms with Gasteiger partial charge in [0, 0.05) is 17.5 Å². The molecule has 0 heterocycles. The lowest BCUT2D eigenvalue weighted by molar-refractivity contribution is 0.349. The van der Waals surface area contributed by atoms with Crippen molar-refractivity contribution in [1.29, 1.82) is 0 Å².